The molecule has 1 rings (SSSR count). The number of nitrogens with one attached hydrogen (secondary N) is 1. The van der Waals surface area contributed by atoms with Gasteiger partial charge in [-0.05, 0) is 18.1 Å². The van der Waals surface area contributed by atoms with E-state index >= 15 is 0 Å². The Morgan fingerprint density at radius 2 is 2.12 bits per heavy atom. The van der Waals surface area contributed by atoms with E-state index in [1.165, 1.54) is 6.07 Å². The Morgan fingerprint density at radius 1 is 1.47 bits per heavy atom. The molecule has 0 saturated carbocycles. The van der Waals surface area contributed by atoms with Gasteiger partial charge in [-0.3, -0.25) is 0 Å². The molecular weight excluding hydrogens is 238 g/mol. The number of anilines is 1. The normalized spacial score (nSPS) is 13.7. The van der Waals surface area contributed by atoms with Gasteiger partial charge in [-0.25, -0.2) is 13.4 Å². The predicted molar refractivity (Wildman–Crippen MR) is 68.6 cm³/mol. The van der Waals surface area contributed by atoms with Gasteiger partial charge >= 0.3 is 0 Å². The minimum atomic E-state index is -3.27. The predicted octanol–water partition coefficient (Wildman–Crippen LogP) is 0.880. The van der Waals surface area contributed by atoms with Crippen LogP contribution < -0.4 is 11.1 Å². The lowest BCUT2D eigenvalue weighted by Crippen LogP contribution is -2.34. The van der Waals surface area contributed by atoms with Crippen LogP contribution in [0.25, 0.3) is 0 Å². The van der Waals surface area contributed by atoms with E-state index in [0.717, 1.165) is 6.26 Å². The highest BCUT2D eigenvalue weighted by atomic mass is 32.2. The van der Waals surface area contributed by atoms with Crippen LogP contribution in [0, 0.1) is 5.92 Å². The lowest BCUT2D eigenvalue weighted by Gasteiger charge is -2.17. The molecule has 0 fully saturated rings. The quantitative estimate of drug-likeness (QED) is 0.818. The summed E-state index contributed by atoms with van der Waals surface area (Å²) in [7, 11) is -3.27. The Bertz CT molecular complexity index is 471. The third-order valence-corrected chi connectivity index (χ3v) is 3.66. The molecule has 1 aromatic heterocycles. The molecule has 6 heteroatoms. The van der Waals surface area contributed by atoms with Crippen molar-refractivity contribution in [1.82, 2.24) is 4.98 Å². The Balaban J connectivity index is 2.85. The molecule has 96 valence electrons. The van der Waals surface area contributed by atoms with Crippen molar-refractivity contribution in [3.05, 3.63) is 18.3 Å². The molecule has 0 bridgehead atoms. The summed E-state index contributed by atoms with van der Waals surface area (Å²) < 4.78 is 23.0. The molecule has 1 aromatic rings. The molecule has 0 aromatic carbocycles. The van der Waals surface area contributed by atoms with E-state index in [9.17, 15) is 8.42 Å². The van der Waals surface area contributed by atoms with E-state index in [2.05, 4.69) is 10.3 Å². The summed E-state index contributed by atoms with van der Waals surface area (Å²) in [4.78, 5) is 4.24. The van der Waals surface area contributed by atoms with Gasteiger partial charge in [-0.15, -0.1) is 0 Å². The number of hydrogen-bond donors (Lipinski definition) is 2. The third-order valence-electron chi connectivity index (χ3n) is 2.53. The first-order chi connectivity index (χ1) is 7.82. The van der Waals surface area contributed by atoms with Gasteiger partial charge in [0.15, 0.2) is 9.84 Å². The molecule has 1 unspecified atom stereocenters. The Kier molecular flexibility index (Phi) is 4.47. The lowest BCUT2D eigenvalue weighted by molar-refractivity contribution is 0.510. The van der Waals surface area contributed by atoms with Crippen LogP contribution in [0.2, 0.25) is 0 Å². The van der Waals surface area contributed by atoms with Crippen LogP contribution in [0.3, 0.4) is 0 Å². The maximum atomic E-state index is 11.5. The first-order valence-corrected chi connectivity index (χ1v) is 7.36. The SMILES string of the molecule is CC(C)C(N)CNc1ncccc1S(C)(=O)=O. The van der Waals surface area contributed by atoms with E-state index in [1.54, 1.807) is 12.3 Å². The largest absolute Gasteiger partial charge is 0.367 e. The van der Waals surface area contributed by atoms with Crippen molar-refractivity contribution in [3.8, 4) is 0 Å². The van der Waals surface area contributed by atoms with Crippen molar-refractivity contribution in [1.29, 1.82) is 0 Å². The summed E-state index contributed by atoms with van der Waals surface area (Å²) in [6, 6.07) is 3.10. The summed E-state index contributed by atoms with van der Waals surface area (Å²) in [6.45, 7) is 4.53. The van der Waals surface area contributed by atoms with Crippen molar-refractivity contribution in [2.24, 2.45) is 11.7 Å². The second-order valence-corrected chi connectivity index (χ2v) is 6.40. The monoisotopic (exact) mass is 257 g/mol. The fourth-order valence-electron chi connectivity index (χ4n) is 1.27. The van der Waals surface area contributed by atoms with Crippen LogP contribution in [-0.2, 0) is 9.84 Å². The average Bonchev–Trinajstić information content (AvgIpc) is 2.24. The van der Waals surface area contributed by atoms with Gasteiger partial charge in [0.25, 0.3) is 0 Å². The molecule has 0 amide bonds. The maximum absolute atomic E-state index is 11.5. The number of nitrogens with two attached hydrogens (primary N) is 1. The molecule has 0 aliphatic carbocycles. The zero-order valence-electron chi connectivity index (χ0n) is 10.3. The summed E-state index contributed by atoms with van der Waals surface area (Å²) in [5.74, 6) is 0.694. The second-order valence-electron chi connectivity index (χ2n) is 4.41. The molecule has 0 radical (unpaired) electrons. The molecule has 17 heavy (non-hydrogen) atoms. The summed E-state index contributed by atoms with van der Waals surface area (Å²) >= 11 is 0. The summed E-state index contributed by atoms with van der Waals surface area (Å²) in [5.41, 5.74) is 5.88. The summed E-state index contributed by atoms with van der Waals surface area (Å²) in [6.07, 6.45) is 2.72. The number of nitrogens with zero attached hydrogens (tertiary/aromatic N) is 1. The second kappa shape index (κ2) is 5.46. The van der Waals surface area contributed by atoms with Gasteiger partial charge in [-0.1, -0.05) is 13.8 Å². The Labute approximate surface area is 102 Å². The highest BCUT2D eigenvalue weighted by Crippen LogP contribution is 2.17. The Hall–Kier alpha value is -1.14. The number of rotatable bonds is 5. The molecule has 0 saturated heterocycles. The van der Waals surface area contributed by atoms with Crippen molar-refractivity contribution in [3.63, 3.8) is 0 Å². The van der Waals surface area contributed by atoms with E-state index in [1.807, 2.05) is 13.8 Å². The van der Waals surface area contributed by atoms with Gasteiger partial charge in [0, 0.05) is 25.0 Å². The van der Waals surface area contributed by atoms with Crippen molar-refractivity contribution < 1.29 is 8.42 Å². The highest BCUT2D eigenvalue weighted by Gasteiger charge is 2.15. The molecule has 3 N–H and O–H groups in total. The topological polar surface area (TPSA) is 85.1 Å². The molecule has 1 atom stereocenters. The fourth-order valence-corrected chi connectivity index (χ4v) is 2.07. The van der Waals surface area contributed by atoms with Crippen LogP contribution in [0.5, 0.6) is 0 Å². The van der Waals surface area contributed by atoms with Gasteiger partial charge in [-0.2, -0.15) is 0 Å². The van der Waals surface area contributed by atoms with Gasteiger partial charge in [0.2, 0.25) is 0 Å². The van der Waals surface area contributed by atoms with Crippen LogP contribution in [0.4, 0.5) is 5.82 Å². The van der Waals surface area contributed by atoms with Crippen LogP contribution in [0.1, 0.15) is 13.8 Å². The molecule has 0 aliphatic heterocycles. The molecule has 5 nitrogen and oxygen atoms in total. The van der Waals surface area contributed by atoms with Crippen molar-refractivity contribution >= 4 is 15.7 Å². The van der Waals surface area contributed by atoms with E-state index in [4.69, 9.17) is 5.73 Å². The van der Waals surface area contributed by atoms with Crippen LogP contribution >= 0.6 is 0 Å². The first kappa shape index (κ1) is 13.9. The van der Waals surface area contributed by atoms with E-state index in [-0.39, 0.29) is 10.9 Å². The zero-order valence-corrected chi connectivity index (χ0v) is 11.2. The molecule has 0 aliphatic rings. The smallest absolute Gasteiger partial charge is 0.179 e. The molecule has 1 heterocycles. The zero-order chi connectivity index (χ0) is 13.1. The highest BCUT2D eigenvalue weighted by molar-refractivity contribution is 7.90. The van der Waals surface area contributed by atoms with E-state index < -0.39 is 9.84 Å². The van der Waals surface area contributed by atoms with Crippen molar-refractivity contribution in [2.45, 2.75) is 24.8 Å². The standard InChI is InChI=1S/C11H19N3O2S/c1-8(2)9(12)7-14-11-10(17(3,15)16)5-4-6-13-11/h4-6,8-9H,7,12H2,1-3H3,(H,13,14). The van der Waals surface area contributed by atoms with Crippen LogP contribution in [-0.4, -0.2) is 32.2 Å². The molecule has 0 spiro atoms. The van der Waals surface area contributed by atoms with E-state index in [0.29, 0.717) is 18.3 Å². The molecular formula is C11H19N3O2S. The average molecular weight is 257 g/mol. The minimum Gasteiger partial charge on any atom is -0.367 e. The lowest BCUT2D eigenvalue weighted by atomic mass is 10.1. The Morgan fingerprint density at radius 3 is 2.65 bits per heavy atom. The van der Waals surface area contributed by atoms with Gasteiger partial charge < -0.3 is 11.1 Å². The number of pyridine rings is 1. The van der Waals surface area contributed by atoms with Gasteiger partial charge in [0.1, 0.15) is 10.7 Å². The number of hydrogen-bond acceptors (Lipinski definition) is 5. The van der Waals surface area contributed by atoms with Gasteiger partial charge in [0.05, 0.1) is 0 Å². The third kappa shape index (κ3) is 3.98. The fraction of sp³-hybridized carbons (Fsp3) is 0.545. The number of sulfone groups is 1. The maximum Gasteiger partial charge on any atom is 0.179 e. The number of aromatic nitrogens is 1. The summed E-state index contributed by atoms with van der Waals surface area (Å²) in [5, 5.41) is 2.99. The minimum absolute atomic E-state index is 0.0376. The van der Waals surface area contributed by atoms with Crippen LogP contribution in [0.15, 0.2) is 23.2 Å². The first-order valence-electron chi connectivity index (χ1n) is 5.47. The van der Waals surface area contributed by atoms with Crippen molar-refractivity contribution in [2.75, 3.05) is 18.1 Å².